The van der Waals surface area contributed by atoms with E-state index in [1.807, 2.05) is 0 Å². The summed E-state index contributed by atoms with van der Waals surface area (Å²) in [4.78, 5) is 11.9. The van der Waals surface area contributed by atoms with Gasteiger partial charge in [-0.05, 0) is 36.8 Å². The number of hydrogen-bond donors (Lipinski definition) is 0. The Hall–Kier alpha value is -1.35. The highest BCUT2D eigenvalue weighted by Gasteiger charge is 2.22. The van der Waals surface area contributed by atoms with Gasteiger partial charge in [-0.3, -0.25) is 0 Å². The number of carbonyl (C=O) groups excluding carboxylic acids is 1. The molecule has 2 atom stereocenters. The van der Waals surface area contributed by atoms with E-state index in [1.165, 1.54) is 18.2 Å². The Balaban J connectivity index is 2.00. The SMILES string of the molecule is CC1CC=CCC1COC(=O)c1c(F)cccc1Cl. The van der Waals surface area contributed by atoms with Crippen molar-refractivity contribution in [1.29, 1.82) is 0 Å². The van der Waals surface area contributed by atoms with Crippen LogP contribution in [0.25, 0.3) is 0 Å². The second-order valence-corrected chi connectivity index (χ2v) is 5.28. The number of benzene rings is 1. The summed E-state index contributed by atoms with van der Waals surface area (Å²) in [5, 5.41) is 0.0848. The summed E-state index contributed by atoms with van der Waals surface area (Å²) < 4.78 is 18.7. The van der Waals surface area contributed by atoms with Crippen LogP contribution < -0.4 is 0 Å². The highest BCUT2D eigenvalue weighted by Crippen LogP contribution is 2.26. The van der Waals surface area contributed by atoms with Gasteiger partial charge in [-0.2, -0.15) is 0 Å². The molecule has 0 N–H and O–H groups in total. The largest absolute Gasteiger partial charge is 0.462 e. The van der Waals surface area contributed by atoms with Gasteiger partial charge in [0.05, 0.1) is 11.6 Å². The maximum absolute atomic E-state index is 13.5. The molecular formula is C15H16ClFO2. The Kier molecular flexibility index (Phi) is 4.59. The molecule has 0 aliphatic heterocycles. The summed E-state index contributed by atoms with van der Waals surface area (Å²) in [5.74, 6) is -0.577. The molecule has 1 aliphatic carbocycles. The lowest BCUT2D eigenvalue weighted by atomic mass is 9.85. The second kappa shape index (κ2) is 6.20. The van der Waals surface area contributed by atoms with Gasteiger partial charge in [-0.25, -0.2) is 9.18 Å². The number of hydrogen-bond acceptors (Lipinski definition) is 2. The average molecular weight is 283 g/mol. The van der Waals surface area contributed by atoms with Crippen LogP contribution in [0.2, 0.25) is 5.02 Å². The normalized spacial score (nSPS) is 22.3. The van der Waals surface area contributed by atoms with E-state index in [0.29, 0.717) is 18.4 Å². The molecule has 4 heteroatoms. The molecule has 0 amide bonds. The van der Waals surface area contributed by atoms with Gasteiger partial charge in [0.2, 0.25) is 0 Å². The summed E-state index contributed by atoms with van der Waals surface area (Å²) in [6, 6.07) is 4.14. The quantitative estimate of drug-likeness (QED) is 0.612. The molecule has 0 radical (unpaired) electrons. The van der Waals surface area contributed by atoms with Crippen molar-refractivity contribution in [2.24, 2.45) is 11.8 Å². The fourth-order valence-corrected chi connectivity index (χ4v) is 2.43. The number of esters is 1. The molecule has 2 unspecified atom stereocenters. The fraction of sp³-hybridized carbons (Fsp3) is 0.400. The van der Waals surface area contributed by atoms with Gasteiger partial charge >= 0.3 is 5.97 Å². The minimum absolute atomic E-state index is 0.0848. The summed E-state index contributed by atoms with van der Waals surface area (Å²) in [5.41, 5.74) is -0.178. The molecular weight excluding hydrogens is 267 g/mol. The molecule has 0 aromatic heterocycles. The molecule has 102 valence electrons. The van der Waals surface area contributed by atoms with E-state index in [1.54, 1.807) is 0 Å². The zero-order valence-electron chi connectivity index (χ0n) is 10.7. The molecule has 0 saturated carbocycles. The van der Waals surface area contributed by atoms with Crippen LogP contribution in [-0.2, 0) is 4.74 Å². The molecule has 0 fully saturated rings. The van der Waals surface area contributed by atoms with Crippen LogP contribution >= 0.6 is 11.6 Å². The van der Waals surface area contributed by atoms with Crippen molar-refractivity contribution in [2.45, 2.75) is 19.8 Å². The van der Waals surface area contributed by atoms with Gasteiger partial charge in [0.1, 0.15) is 11.4 Å². The first kappa shape index (κ1) is 14.1. The lowest BCUT2D eigenvalue weighted by Gasteiger charge is -2.24. The van der Waals surface area contributed by atoms with Gasteiger partial charge in [0.25, 0.3) is 0 Å². The van der Waals surface area contributed by atoms with Crippen LogP contribution in [0.15, 0.2) is 30.4 Å². The zero-order valence-corrected chi connectivity index (χ0v) is 11.5. The van der Waals surface area contributed by atoms with Crippen molar-refractivity contribution in [2.75, 3.05) is 6.61 Å². The van der Waals surface area contributed by atoms with Crippen molar-refractivity contribution in [3.05, 3.63) is 46.8 Å². The molecule has 19 heavy (non-hydrogen) atoms. The van der Waals surface area contributed by atoms with Crippen molar-refractivity contribution in [3.8, 4) is 0 Å². The van der Waals surface area contributed by atoms with Crippen LogP contribution in [0.4, 0.5) is 4.39 Å². The van der Waals surface area contributed by atoms with Crippen LogP contribution in [0.5, 0.6) is 0 Å². The third-order valence-electron chi connectivity index (χ3n) is 3.51. The molecule has 1 aromatic rings. The molecule has 2 rings (SSSR count). The standard InChI is InChI=1S/C15H16ClFO2/c1-10-5-2-3-6-11(10)9-19-15(18)14-12(16)7-4-8-13(14)17/h2-4,7-8,10-11H,5-6,9H2,1H3. The Bertz CT molecular complexity index is 479. The second-order valence-electron chi connectivity index (χ2n) is 4.88. The average Bonchev–Trinajstić information content (AvgIpc) is 2.37. The van der Waals surface area contributed by atoms with Gasteiger partial charge in [-0.15, -0.1) is 0 Å². The molecule has 0 saturated heterocycles. The van der Waals surface area contributed by atoms with Gasteiger partial charge in [-0.1, -0.05) is 36.7 Å². The number of carbonyl (C=O) groups is 1. The van der Waals surface area contributed by atoms with E-state index >= 15 is 0 Å². The minimum atomic E-state index is -0.690. The fourth-order valence-electron chi connectivity index (χ4n) is 2.19. The molecule has 1 aliphatic rings. The first-order chi connectivity index (χ1) is 9.09. The lowest BCUT2D eigenvalue weighted by molar-refractivity contribution is 0.0390. The maximum Gasteiger partial charge on any atom is 0.342 e. The van der Waals surface area contributed by atoms with Gasteiger partial charge in [0.15, 0.2) is 0 Å². The van der Waals surface area contributed by atoms with Gasteiger partial charge < -0.3 is 4.74 Å². The monoisotopic (exact) mass is 282 g/mol. The van der Waals surface area contributed by atoms with Crippen molar-refractivity contribution in [3.63, 3.8) is 0 Å². The van der Waals surface area contributed by atoms with E-state index in [4.69, 9.17) is 16.3 Å². The first-order valence-electron chi connectivity index (χ1n) is 6.35. The van der Waals surface area contributed by atoms with Crippen LogP contribution in [0.3, 0.4) is 0 Å². The van der Waals surface area contributed by atoms with E-state index in [2.05, 4.69) is 19.1 Å². The number of ether oxygens (including phenoxy) is 1. The number of allylic oxidation sites excluding steroid dienone is 2. The van der Waals surface area contributed by atoms with E-state index in [0.717, 1.165) is 12.8 Å². The summed E-state index contributed by atoms with van der Waals surface area (Å²) in [7, 11) is 0. The zero-order chi connectivity index (χ0) is 13.8. The highest BCUT2D eigenvalue weighted by molar-refractivity contribution is 6.33. The summed E-state index contributed by atoms with van der Waals surface area (Å²) >= 11 is 5.82. The Morgan fingerprint density at radius 3 is 2.84 bits per heavy atom. The minimum Gasteiger partial charge on any atom is -0.462 e. The molecule has 2 nitrogen and oxygen atoms in total. The topological polar surface area (TPSA) is 26.3 Å². The third kappa shape index (κ3) is 3.35. The molecule has 0 spiro atoms. The van der Waals surface area contributed by atoms with Crippen LogP contribution in [0.1, 0.15) is 30.1 Å². The lowest BCUT2D eigenvalue weighted by Crippen LogP contribution is -2.22. The Morgan fingerprint density at radius 1 is 1.42 bits per heavy atom. The number of rotatable bonds is 3. The van der Waals surface area contributed by atoms with E-state index < -0.39 is 11.8 Å². The van der Waals surface area contributed by atoms with Crippen molar-refractivity contribution < 1.29 is 13.9 Å². The highest BCUT2D eigenvalue weighted by atomic mass is 35.5. The third-order valence-corrected chi connectivity index (χ3v) is 3.83. The van der Waals surface area contributed by atoms with E-state index in [9.17, 15) is 9.18 Å². The number of halogens is 2. The summed E-state index contributed by atoms with van der Waals surface area (Å²) in [6.07, 6.45) is 6.10. The molecule has 1 aromatic carbocycles. The van der Waals surface area contributed by atoms with Gasteiger partial charge in [0, 0.05) is 0 Å². The van der Waals surface area contributed by atoms with Crippen molar-refractivity contribution >= 4 is 17.6 Å². The van der Waals surface area contributed by atoms with Crippen molar-refractivity contribution in [1.82, 2.24) is 0 Å². The van der Waals surface area contributed by atoms with E-state index in [-0.39, 0.29) is 10.6 Å². The van der Waals surface area contributed by atoms with Crippen LogP contribution in [-0.4, -0.2) is 12.6 Å². The predicted octanol–water partition coefficient (Wildman–Crippen LogP) is 4.24. The maximum atomic E-state index is 13.5. The van der Waals surface area contributed by atoms with Crippen LogP contribution in [0, 0.1) is 17.7 Å². The predicted molar refractivity (Wildman–Crippen MR) is 72.7 cm³/mol. The summed E-state index contributed by atoms with van der Waals surface area (Å²) in [6.45, 7) is 2.42. The Labute approximate surface area is 117 Å². The smallest absolute Gasteiger partial charge is 0.342 e. The Morgan fingerprint density at radius 2 is 2.16 bits per heavy atom. The first-order valence-corrected chi connectivity index (χ1v) is 6.73. The molecule has 0 bridgehead atoms. The molecule has 0 heterocycles.